The molecular weight excluding hydrogens is 555 g/mol. The van der Waals surface area contributed by atoms with E-state index in [1.165, 1.54) is 14.2 Å². The Labute approximate surface area is 242 Å². The van der Waals surface area contributed by atoms with Gasteiger partial charge in [-0.1, -0.05) is 12.8 Å². The van der Waals surface area contributed by atoms with Crippen LogP contribution in [0.25, 0.3) is 0 Å². The molecule has 11 nitrogen and oxygen atoms in total. The molecule has 2 heterocycles. The fraction of sp³-hybridized carbons (Fsp3) is 0.571. The lowest BCUT2D eigenvalue weighted by molar-refractivity contribution is -0.137. The van der Waals surface area contributed by atoms with E-state index in [1.54, 1.807) is 18.2 Å². The lowest BCUT2D eigenvalue weighted by Crippen LogP contribution is -2.49. The molecule has 4 rings (SSSR count). The van der Waals surface area contributed by atoms with E-state index in [0.29, 0.717) is 29.8 Å². The van der Waals surface area contributed by atoms with Crippen LogP contribution in [-0.4, -0.2) is 85.8 Å². The van der Waals surface area contributed by atoms with Crippen LogP contribution in [0.5, 0.6) is 5.75 Å². The third-order valence-electron chi connectivity index (χ3n) is 7.57. The molecule has 1 saturated heterocycles. The van der Waals surface area contributed by atoms with E-state index in [1.807, 2.05) is 7.05 Å². The van der Waals surface area contributed by atoms with Gasteiger partial charge in [-0.15, -0.1) is 0 Å². The number of likely N-dealkylation sites (tertiary alicyclic amines) is 1. The largest absolute Gasteiger partial charge is 0.495 e. The summed E-state index contributed by atoms with van der Waals surface area (Å²) in [4.78, 5) is 35.2. The van der Waals surface area contributed by atoms with Gasteiger partial charge in [-0.2, -0.15) is 18.2 Å². The monoisotopic (exact) mass is 593 g/mol. The van der Waals surface area contributed by atoms with Gasteiger partial charge in [0.15, 0.2) is 0 Å². The zero-order chi connectivity index (χ0) is 30.3. The van der Waals surface area contributed by atoms with Crippen LogP contribution in [0, 0.1) is 0 Å². The third-order valence-corrected chi connectivity index (χ3v) is 7.57. The zero-order valence-electron chi connectivity index (χ0n) is 24.0. The highest BCUT2D eigenvalue weighted by Crippen LogP contribution is 2.36. The van der Waals surface area contributed by atoms with Crippen LogP contribution in [0.3, 0.4) is 0 Å². The Kier molecular flexibility index (Phi) is 10.4. The van der Waals surface area contributed by atoms with Crippen LogP contribution in [0.15, 0.2) is 24.4 Å². The number of rotatable bonds is 10. The van der Waals surface area contributed by atoms with Gasteiger partial charge in [0, 0.05) is 37.0 Å². The molecule has 0 radical (unpaired) electrons. The Hall–Kier alpha value is -3.65. The second-order valence-corrected chi connectivity index (χ2v) is 10.7. The number of hydrogen-bond acceptors (Lipinski definition) is 9. The average molecular weight is 594 g/mol. The second kappa shape index (κ2) is 14.0. The smallest absolute Gasteiger partial charge is 0.421 e. The minimum Gasteiger partial charge on any atom is -0.495 e. The van der Waals surface area contributed by atoms with Crippen LogP contribution in [-0.2, 0) is 15.7 Å². The number of aromatic nitrogens is 2. The second-order valence-electron chi connectivity index (χ2n) is 10.7. The molecule has 1 aromatic heterocycles. The van der Waals surface area contributed by atoms with Crippen molar-refractivity contribution < 1.29 is 32.2 Å². The van der Waals surface area contributed by atoms with E-state index >= 15 is 0 Å². The molecule has 42 heavy (non-hydrogen) atoms. The number of benzene rings is 1. The normalized spacial score (nSPS) is 20.0. The molecule has 2 aliphatic rings. The summed E-state index contributed by atoms with van der Waals surface area (Å²) >= 11 is 0. The number of piperidine rings is 1. The molecule has 2 fully saturated rings. The van der Waals surface area contributed by atoms with Gasteiger partial charge in [0.1, 0.15) is 23.7 Å². The van der Waals surface area contributed by atoms with Gasteiger partial charge in [-0.3, -0.25) is 9.59 Å². The minimum absolute atomic E-state index is 0.0843. The number of methoxy groups -OCH3 is 2. The van der Waals surface area contributed by atoms with Crippen molar-refractivity contribution in [1.29, 1.82) is 0 Å². The molecule has 1 aliphatic heterocycles. The molecule has 230 valence electrons. The van der Waals surface area contributed by atoms with Crippen molar-refractivity contribution in [3.8, 4) is 5.75 Å². The van der Waals surface area contributed by atoms with Crippen molar-refractivity contribution in [1.82, 2.24) is 25.5 Å². The van der Waals surface area contributed by atoms with Crippen LogP contribution in [0.1, 0.15) is 54.4 Å². The summed E-state index contributed by atoms with van der Waals surface area (Å²) in [5.41, 5.74) is -0.249. The van der Waals surface area contributed by atoms with Gasteiger partial charge in [-0.25, -0.2) is 4.98 Å². The predicted octanol–water partition coefficient (Wildman–Crippen LogP) is 3.56. The quantitative estimate of drug-likeness (QED) is 0.327. The van der Waals surface area contributed by atoms with Crippen molar-refractivity contribution >= 4 is 29.3 Å². The summed E-state index contributed by atoms with van der Waals surface area (Å²) in [7, 11) is 4.88. The van der Waals surface area contributed by atoms with E-state index in [9.17, 15) is 22.8 Å². The molecule has 1 aromatic carbocycles. The molecule has 1 saturated carbocycles. The molecule has 2 aromatic rings. The average Bonchev–Trinajstić information content (AvgIpc) is 2.95. The fourth-order valence-corrected chi connectivity index (χ4v) is 5.27. The predicted molar refractivity (Wildman–Crippen MR) is 151 cm³/mol. The number of amides is 2. The van der Waals surface area contributed by atoms with Gasteiger partial charge in [0.25, 0.3) is 5.91 Å². The van der Waals surface area contributed by atoms with Crippen LogP contribution in [0.4, 0.5) is 30.6 Å². The number of anilines is 3. The maximum atomic E-state index is 13.9. The molecule has 0 bridgehead atoms. The lowest BCUT2D eigenvalue weighted by atomic mass is 9.90. The fourth-order valence-electron chi connectivity index (χ4n) is 5.27. The SMILES string of the molecule is COCC(=O)NC1CCCCC1Nc1nc(Nc2ccc(C(=O)NC3CCN(C)CC3)cc2OC)ncc1C(F)(F)F. The van der Waals surface area contributed by atoms with E-state index in [4.69, 9.17) is 9.47 Å². The summed E-state index contributed by atoms with van der Waals surface area (Å²) in [5, 5.41) is 11.7. The highest BCUT2D eigenvalue weighted by atomic mass is 19.4. The summed E-state index contributed by atoms with van der Waals surface area (Å²) in [5.74, 6) is -0.759. The topological polar surface area (TPSA) is 130 Å². The number of nitrogens with one attached hydrogen (secondary N) is 4. The van der Waals surface area contributed by atoms with E-state index in [-0.39, 0.29) is 36.5 Å². The van der Waals surface area contributed by atoms with Gasteiger partial charge < -0.3 is 35.6 Å². The Morgan fingerprint density at radius 2 is 1.76 bits per heavy atom. The van der Waals surface area contributed by atoms with E-state index in [0.717, 1.165) is 45.0 Å². The minimum atomic E-state index is -4.70. The number of carbonyl (C=O) groups excluding carboxylic acids is 2. The summed E-state index contributed by atoms with van der Waals surface area (Å²) in [6.07, 6.45) is 0.533. The Morgan fingerprint density at radius 3 is 2.43 bits per heavy atom. The lowest BCUT2D eigenvalue weighted by Gasteiger charge is -2.33. The van der Waals surface area contributed by atoms with Gasteiger partial charge >= 0.3 is 6.18 Å². The van der Waals surface area contributed by atoms with Gasteiger partial charge in [0.05, 0.1) is 12.8 Å². The van der Waals surface area contributed by atoms with Crippen LogP contribution >= 0.6 is 0 Å². The molecule has 2 amide bonds. The maximum Gasteiger partial charge on any atom is 0.421 e. The van der Waals surface area contributed by atoms with Crippen molar-refractivity contribution in [2.45, 2.75) is 62.8 Å². The molecule has 0 spiro atoms. The first-order valence-corrected chi connectivity index (χ1v) is 14.0. The highest BCUT2D eigenvalue weighted by molar-refractivity contribution is 5.95. The first kappa shape index (κ1) is 31.3. The maximum absolute atomic E-state index is 13.9. The Morgan fingerprint density at radius 1 is 1.05 bits per heavy atom. The van der Waals surface area contributed by atoms with Crippen molar-refractivity contribution in [2.24, 2.45) is 0 Å². The molecule has 1 aliphatic carbocycles. The first-order chi connectivity index (χ1) is 20.1. The van der Waals surface area contributed by atoms with Crippen LogP contribution < -0.4 is 26.0 Å². The summed E-state index contributed by atoms with van der Waals surface area (Å²) in [6.45, 7) is 1.68. The van der Waals surface area contributed by atoms with Gasteiger partial charge in [0.2, 0.25) is 11.9 Å². The number of halogens is 3. The molecule has 2 atom stereocenters. The van der Waals surface area contributed by atoms with Crippen LogP contribution in [0.2, 0.25) is 0 Å². The number of hydrogen-bond donors (Lipinski definition) is 4. The molecule has 4 N–H and O–H groups in total. The van der Waals surface area contributed by atoms with Gasteiger partial charge in [-0.05, 0) is 64.0 Å². The van der Waals surface area contributed by atoms with Crippen molar-refractivity contribution in [3.05, 3.63) is 35.5 Å². The van der Waals surface area contributed by atoms with Crippen molar-refractivity contribution in [3.63, 3.8) is 0 Å². The molecule has 2 unspecified atom stereocenters. The Bertz CT molecular complexity index is 1240. The number of ether oxygens (including phenoxy) is 2. The Balaban J connectivity index is 1.52. The number of carbonyl (C=O) groups is 2. The zero-order valence-corrected chi connectivity index (χ0v) is 24.0. The van der Waals surface area contributed by atoms with E-state index < -0.39 is 23.6 Å². The van der Waals surface area contributed by atoms with Crippen molar-refractivity contribution in [2.75, 3.05) is 51.6 Å². The number of nitrogens with zero attached hydrogens (tertiary/aromatic N) is 3. The molecular formula is C28H38F3N7O4. The standard InChI is InChI=1S/C28H38F3N7O4/c1-38-12-10-18(11-13-38)33-26(40)17-8-9-22(23(14-17)42-3)36-27-32-15-19(28(29,30)31)25(37-27)35-21-7-5-4-6-20(21)34-24(39)16-41-2/h8-9,14-15,18,20-21H,4-7,10-13,16H2,1-3H3,(H,33,40)(H,34,39)(H2,32,35,36,37). The number of alkyl halides is 3. The first-order valence-electron chi connectivity index (χ1n) is 14.0. The summed E-state index contributed by atoms with van der Waals surface area (Å²) < 4.78 is 52.1. The van der Waals surface area contributed by atoms with E-state index in [2.05, 4.69) is 36.1 Å². The molecule has 14 heteroatoms. The third kappa shape index (κ3) is 8.22. The highest BCUT2D eigenvalue weighted by Gasteiger charge is 2.37. The summed E-state index contributed by atoms with van der Waals surface area (Å²) in [6, 6.07) is 3.99.